The quantitative estimate of drug-likeness (QED) is 0.828. The van der Waals surface area contributed by atoms with Gasteiger partial charge in [0, 0.05) is 12.6 Å². The van der Waals surface area contributed by atoms with E-state index in [2.05, 4.69) is 36.5 Å². The van der Waals surface area contributed by atoms with Gasteiger partial charge >= 0.3 is 0 Å². The summed E-state index contributed by atoms with van der Waals surface area (Å²) in [4.78, 5) is 0. The Hall–Kier alpha value is -1.67. The van der Waals surface area contributed by atoms with Crippen molar-refractivity contribution in [1.29, 1.82) is 0 Å². The van der Waals surface area contributed by atoms with E-state index in [0.29, 0.717) is 6.04 Å². The Morgan fingerprint density at radius 3 is 2.55 bits per heavy atom. The lowest BCUT2D eigenvalue weighted by Gasteiger charge is -2.15. The van der Waals surface area contributed by atoms with Gasteiger partial charge in [0.1, 0.15) is 5.82 Å². The van der Waals surface area contributed by atoms with Gasteiger partial charge in [-0.25, -0.2) is 4.39 Å². The first-order valence-electron chi connectivity index (χ1n) is 7.17. The molecule has 20 heavy (non-hydrogen) atoms. The van der Waals surface area contributed by atoms with Gasteiger partial charge in [-0.15, -0.1) is 0 Å². The van der Waals surface area contributed by atoms with Crippen molar-refractivity contribution < 1.29 is 4.39 Å². The molecule has 0 aliphatic rings. The molecule has 2 aromatic carbocycles. The molecule has 0 heterocycles. The fourth-order valence-corrected chi connectivity index (χ4v) is 2.27. The van der Waals surface area contributed by atoms with E-state index >= 15 is 0 Å². The molecule has 0 saturated heterocycles. The minimum absolute atomic E-state index is 0.164. The molecule has 0 aliphatic carbocycles. The van der Waals surface area contributed by atoms with E-state index in [-0.39, 0.29) is 5.82 Å². The van der Waals surface area contributed by atoms with Crippen LogP contribution in [0.3, 0.4) is 0 Å². The predicted molar refractivity (Wildman–Crippen MR) is 82.2 cm³/mol. The second-order valence-electron chi connectivity index (χ2n) is 5.38. The smallest absolute Gasteiger partial charge is 0.123 e. The Labute approximate surface area is 120 Å². The SMILES string of the molecule is Cc1cc(F)ccc1CNC(C)CCc1ccccc1. The highest BCUT2D eigenvalue weighted by atomic mass is 19.1. The third-order valence-electron chi connectivity index (χ3n) is 3.65. The highest BCUT2D eigenvalue weighted by Crippen LogP contribution is 2.11. The Bertz CT molecular complexity index is 536. The minimum atomic E-state index is -0.164. The second-order valence-corrected chi connectivity index (χ2v) is 5.38. The molecule has 2 aromatic rings. The van der Waals surface area contributed by atoms with E-state index in [4.69, 9.17) is 0 Å². The van der Waals surface area contributed by atoms with E-state index in [9.17, 15) is 4.39 Å². The highest BCUT2D eigenvalue weighted by molar-refractivity contribution is 5.26. The summed E-state index contributed by atoms with van der Waals surface area (Å²) in [6.45, 7) is 4.94. The molecule has 1 nitrogen and oxygen atoms in total. The zero-order valence-electron chi connectivity index (χ0n) is 12.2. The molecule has 1 unspecified atom stereocenters. The van der Waals surface area contributed by atoms with Crippen molar-refractivity contribution in [2.24, 2.45) is 0 Å². The van der Waals surface area contributed by atoms with Gasteiger partial charge in [0.25, 0.3) is 0 Å². The van der Waals surface area contributed by atoms with Crippen LogP contribution in [0.1, 0.15) is 30.0 Å². The maximum Gasteiger partial charge on any atom is 0.123 e. The Kier molecular flexibility index (Phi) is 5.31. The summed E-state index contributed by atoms with van der Waals surface area (Å²) in [5.74, 6) is -0.164. The van der Waals surface area contributed by atoms with Crippen LogP contribution in [0, 0.1) is 12.7 Å². The lowest BCUT2D eigenvalue weighted by atomic mass is 10.1. The predicted octanol–water partition coefficient (Wildman–Crippen LogP) is 4.25. The summed E-state index contributed by atoms with van der Waals surface area (Å²) in [7, 11) is 0. The van der Waals surface area contributed by atoms with Crippen LogP contribution in [-0.4, -0.2) is 6.04 Å². The monoisotopic (exact) mass is 271 g/mol. The highest BCUT2D eigenvalue weighted by Gasteiger charge is 2.04. The van der Waals surface area contributed by atoms with Gasteiger partial charge in [0.05, 0.1) is 0 Å². The third kappa shape index (κ3) is 4.46. The molecule has 0 saturated carbocycles. The first-order valence-corrected chi connectivity index (χ1v) is 7.17. The van der Waals surface area contributed by atoms with E-state index in [1.807, 2.05) is 19.1 Å². The van der Waals surface area contributed by atoms with Crippen molar-refractivity contribution in [1.82, 2.24) is 5.32 Å². The molecule has 0 aromatic heterocycles. The molecule has 1 atom stereocenters. The molecule has 0 aliphatic heterocycles. The lowest BCUT2D eigenvalue weighted by Crippen LogP contribution is -2.26. The average molecular weight is 271 g/mol. The van der Waals surface area contributed by atoms with Crippen molar-refractivity contribution in [3.63, 3.8) is 0 Å². The first kappa shape index (κ1) is 14.7. The van der Waals surface area contributed by atoms with Gasteiger partial charge in [-0.3, -0.25) is 0 Å². The van der Waals surface area contributed by atoms with Crippen LogP contribution in [-0.2, 0) is 13.0 Å². The molecule has 0 bridgehead atoms. The molecule has 1 N–H and O–H groups in total. The van der Waals surface area contributed by atoms with Gasteiger partial charge in [-0.1, -0.05) is 36.4 Å². The number of aryl methyl sites for hydroxylation is 2. The first-order chi connectivity index (χ1) is 9.65. The van der Waals surface area contributed by atoms with Gasteiger partial charge in [-0.2, -0.15) is 0 Å². The fourth-order valence-electron chi connectivity index (χ4n) is 2.27. The zero-order valence-corrected chi connectivity index (χ0v) is 12.2. The Morgan fingerprint density at radius 2 is 1.85 bits per heavy atom. The number of benzene rings is 2. The van der Waals surface area contributed by atoms with Gasteiger partial charge < -0.3 is 5.32 Å². The van der Waals surface area contributed by atoms with Crippen molar-refractivity contribution >= 4 is 0 Å². The molecule has 2 heteroatoms. The van der Waals surface area contributed by atoms with Crippen LogP contribution < -0.4 is 5.32 Å². The molecular weight excluding hydrogens is 249 g/mol. The zero-order chi connectivity index (χ0) is 14.4. The summed E-state index contributed by atoms with van der Waals surface area (Å²) in [6.07, 6.45) is 2.18. The largest absolute Gasteiger partial charge is 0.310 e. The van der Waals surface area contributed by atoms with Crippen LogP contribution in [0.4, 0.5) is 4.39 Å². The van der Waals surface area contributed by atoms with Crippen LogP contribution >= 0.6 is 0 Å². The number of rotatable bonds is 6. The fraction of sp³-hybridized carbons (Fsp3) is 0.333. The number of hydrogen-bond acceptors (Lipinski definition) is 1. The van der Waals surface area contributed by atoms with Crippen LogP contribution in [0.2, 0.25) is 0 Å². The third-order valence-corrected chi connectivity index (χ3v) is 3.65. The summed E-state index contributed by atoms with van der Waals surface area (Å²) in [6, 6.07) is 16.0. The average Bonchev–Trinajstić information content (AvgIpc) is 2.45. The van der Waals surface area contributed by atoms with E-state index < -0.39 is 0 Å². The summed E-state index contributed by atoms with van der Waals surface area (Å²) in [5.41, 5.74) is 3.55. The number of halogens is 1. The minimum Gasteiger partial charge on any atom is -0.310 e. The van der Waals surface area contributed by atoms with Crippen LogP contribution in [0.25, 0.3) is 0 Å². The van der Waals surface area contributed by atoms with Crippen molar-refractivity contribution in [3.8, 4) is 0 Å². The van der Waals surface area contributed by atoms with E-state index in [1.54, 1.807) is 6.07 Å². The van der Waals surface area contributed by atoms with Crippen molar-refractivity contribution in [2.75, 3.05) is 0 Å². The van der Waals surface area contributed by atoms with Crippen LogP contribution in [0.5, 0.6) is 0 Å². The summed E-state index contributed by atoms with van der Waals surface area (Å²) >= 11 is 0. The van der Waals surface area contributed by atoms with Crippen molar-refractivity contribution in [3.05, 3.63) is 71.0 Å². The maximum absolute atomic E-state index is 13.0. The van der Waals surface area contributed by atoms with E-state index in [1.165, 1.54) is 11.6 Å². The second kappa shape index (κ2) is 7.20. The summed E-state index contributed by atoms with van der Waals surface area (Å²) in [5, 5.41) is 3.51. The molecule has 0 fully saturated rings. The Balaban J connectivity index is 1.79. The molecule has 0 radical (unpaired) electrons. The molecule has 0 spiro atoms. The van der Waals surface area contributed by atoms with E-state index in [0.717, 1.165) is 30.5 Å². The normalized spacial score (nSPS) is 12.3. The number of nitrogens with one attached hydrogen (secondary N) is 1. The topological polar surface area (TPSA) is 12.0 Å². The van der Waals surface area contributed by atoms with Crippen LogP contribution in [0.15, 0.2) is 48.5 Å². The van der Waals surface area contributed by atoms with Crippen molar-refractivity contribution in [2.45, 2.75) is 39.3 Å². The Morgan fingerprint density at radius 1 is 1.10 bits per heavy atom. The lowest BCUT2D eigenvalue weighted by molar-refractivity contribution is 0.512. The van der Waals surface area contributed by atoms with Gasteiger partial charge in [0.2, 0.25) is 0 Å². The van der Waals surface area contributed by atoms with Gasteiger partial charge in [0.15, 0.2) is 0 Å². The van der Waals surface area contributed by atoms with Gasteiger partial charge in [-0.05, 0) is 55.5 Å². The molecule has 2 rings (SSSR count). The summed E-state index contributed by atoms with van der Waals surface area (Å²) < 4.78 is 13.0. The molecule has 0 amide bonds. The maximum atomic E-state index is 13.0. The molecular formula is C18H22FN. The number of hydrogen-bond donors (Lipinski definition) is 1. The standard InChI is InChI=1S/C18H22FN/c1-14-12-18(19)11-10-17(14)13-20-15(2)8-9-16-6-4-3-5-7-16/h3-7,10-12,15,20H,8-9,13H2,1-2H3. The molecule has 106 valence electrons.